The van der Waals surface area contributed by atoms with Gasteiger partial charge < -0.3 is 9.47 Å². The zero-order valence-corrected chi connectivity index (χ0v) is 15.4. The van der Waals surface area contributed by atoms with E-state index in [4.69, 9.17) is 21.1 Å². The van der Waals surface area contributed by atoms with Gasteiger partial charge in [-0.2, -0.15) is 9.40 Å². The molecule has 0 aromatic carbocycles. The van der Waals surface area contributed by atoms with Gasteiger partial charge in [0.05, 0.1) is 12.3 Å². The molecule has 0 amide bonds. The van der Waals surface area contributed by atoms with Crippen LogP contribution in [0.3, 0.4) is 0 Å². The van der Waals surface area contributed by atoms with Crippen molar-refractivity contribution in [2.75, 3.05) is 26.3 Å². The van der Waals surface area contributed by atoms with Crippen LogP contribution in [0.5, 0.6) is 6.01 Å². The first-order valence-corrected chi connectivity index (χ1v) is 9.42. The van der Waals surface area contributed by atoms with Crippen LogP contribution in [0.15, 0.2) is 23.4 Å². The molecule has 3 heterocycles. The summed E-state index contributed by atoms with van der Waals surface area (Å²) in [4.78, 5) is 7.94. The van der Waals surface area contributed by atoms with Crippen molar-refractivity contribution in [2.45, 2.75) is 17.9 Å². The number of nitrogens with zero attached hydrogens (tertiary/aromatic N) is 5. The minimum Gasteiger partial charge on any atom is -0.461 e. The van der Waals surface area contributed by atoms with Gasteiger partial charge in [-0.05, 0) is 13.0 Å². The Morgan fingerprint density at radius 3 is 2.76 bits per heavy atom. The van der Waals surface area contributed by atoms with Gasteiger partial charge in [-0.25, -0.2) is 18.4 Å². The van der Waals surface area contributed by atoms with Crippen molar-refractivity contribution in [1.29, 1.82) is 0 Å². The van der Waals surface area contributed by atoms with E-state index in [9.17, 15) is 8.42 Å². The molecule has 2 aromatic heterocycles. The Hall–Kier alpha value is -1.75. The minimum atomic E-state index is -3.77. The number of sulfonamides is 1. The van der Waals surface area contributed by atoms with Crippen molar-refractivity contribution in [3.63, 3.8) is 0 Å². The predicted molar refractivity (Wildman–Crippen MR) is 89.0 cm³/mol. The van der Waals surface area contributed by atoms with Gasteiger partial charge in [0.15, 0.2) is 0 Å². The third kappa shape index (κ3) is 3.76. The zero-order chi connectivity index (χ0) is 18.0. The van der Waals surface area contributed by atoms with Crippen molar-refractivity contribution in [3.05, 3.63) is 29.3 Å². The van der Waals surface area contributed by atoms with E-state index in [2.05, 4.69) is 15.1 Å². The average molecular weight is 388 g/mol. The lowest BCUT2D eigenvalue weighted by molar-refractivity contribution is -0.0265. The summed E-state index contributed by atoms with van der Waals surface area (Å²) in [7, 11) is -2.17. The van der Waals surface area contributed by atoms with E-state index >= 15 is 0 Å². The van der Waals surface area contributed by atoms with E-state index in [1.807, 2.05) is 0 Å². The van der Waals surface area contributed by atoms with Crippen molar-refractivity contribution < 1.29 is 17.9 Å². The number of rotatable bonds is 5. The topological polar surface area (TPSA) is 99.4 Å². The summed E-state index contributed by atoms with van der Waals surface area (Å²) in [5, 5.41) is 4.17. The molecule has 1 saturated heterocycles. The average Bonchev–Trinajstić information content (AvgIpc) is 2.87. The van der Waals surface area contributed by atoms with Gasteiger partial charge in [0.2, 0.25) is 10.0 Å². The van der Waals surface area contributed by atoms with Crippen LogP contribution in [0.25, 0.3) is 0 Å². The van der Waals surface area contributed by atoms with Crippen molar-refractivity contribution in [1.82, 2.24) is 24.1 Å². The molecule has 1 aliphatic heterocycles. The summed E-state index contributed by atoms with van der Waals surface area (Å²) in [6.07, 6.45) is 2.70. The molecule has 1 atom stereocenters. The minimum absolute atomic E-state index is 0.0321. The van der Waals surface area contributed by atoms with Crippen LogP contribution in [0.1, 0.15) is 5.69 Å². The highest BCUT2D eigenvalue weighted by Gasteiger charge is 2.35. The van der Waals surface area contributed by atoms with Gasteiger partial charge in [0.25, 0.3) is 0 Å². The Balaban J connectivity index is 1.72. The number of hydrogen-bond acceptors (Lipinski definition) is 7. The van der Waals surface area contributed by atoms with Crippen LogP contribution < -0.4 is 4.74 Å². The highest BCUT2D eigenvalue weighted by molar-refractivity contribution is 7.89. The molecule has 3 rings (SSSR count). The highest BCUT2D eigenvalue weighted by Crippen LogP contribution is 2.28. The van der Waals surface area contributed by atoms with E-state index in [-0.39, 0.29) is 42.4 Å². The Kier molecular flexibility index (Phi) is 5.23. The second kappa shape index (κ2) is 7.24. The standard InChI is InChI=1S/C14H18ClN5O4S/c1-10-12(13(15)19(2)18-10)25(21,22)20-6-7-23-11(8-20)9-24-14-16-4-3-5-17-14/h3-5,11H,6-9H2,1-2H3. The zero-order valence-electron chi connectivity index (χ0n) is 13.8. The Bertz CT molecular complexity index is 842. The van der Waals surface area contributed by atoms with E-state index in [1.165, 1.54) is 8.99 Å². The maximum Gasteiger partial charge on any atom is 0.316 e. The smallest absolute Gasteiger partial charge is 0.316 e. The normalized spacial score (nSPS) is 19.1. The number of hydrogen-bond donors (Lipinski definition) is 0. The Morgan fingerprint density at radius 2 is 2.12 bits per heavy atom. The predicted octanol–water partition coefficient (Wildman–Crippen LogP) is 0.640. The Morgan fingerprint density at radius 1 is 1.40 bits per heavy atom. The lowest BCUT2D eigenvalue weighted by Gasteiger charge is -2.31. The largest absolute Gasteiger partial charge is 0.461 e. The number of aryl methyl sites for hydroxylation is 2. The maximum absolute atomic E-state index is 12.9. The van der Waals surface area contributed by atoms with Crippen LogP contribution in [-0.4, -0.2) is 64.9 Å². The number of ether oxygens (including phenoxy) is 2. The maximum atomic E-state index is 12.9. The summed E-state index contributed by atoms with van der Waals surface area (Å²) in [5.74, 6) is 0. The quantitative estimate of drug-likeness (QED) is 0.742. The molecule has 2 aromatic rings. The molecule has 1 unspecified atom stereocenters. The third-order valence-electron chi connectivity index (χ3n) is 3.74. The monoisotopic (exact) mass is 387 g/mol. The molecular formula is C14H18ClN5O4S. The summed E-state index contributed by atoms with van der Waals surface area (Å²) >= 11 is 6.12. The molecule has 25 heavy (non-hydrogen) atoms. The summed E-state index contributed by atoms with van der Waals surface area (Å²) in [6.45, 7) is 2.42. The molecule has 0 spiro atoms. The molecule has 1 aliphatic rings. The first-order chi connectivity index (χ1) is 11.9. The molecule has 0 aliphatic carbocycles. The SMILES string of the molecule is Cc1nn(C)c(Cl)c1S(=O)(=O)N1CCOC(COc2ncccn2)C1. The molecule has 1 fully saturated rings. The van der Waals surface area contributed by atoms with Crippen LogP contribution >= 0.6 is 11.6 Å². The third-order valence-corrected chi connectivity index (χ3v) is 6.30. The van der Waals surface area contributed by atoms with Crippen molar-refractivity contribution in [3.8, 4) is 6.01 Å². The second-order valence-electron chi connectivity index (χ2n) is 5.53. The first kappa shape index (κ1) is 18.1. The van der Waals surface area contributed by atoms with Gasteiger partial charge in [0.1, 0.15) is 22.8 Å². The fraction of sp³-hybridized carbons (Fsp3) is 0.500. The molecule has 11 heteroatoms. The van der Waals surface area contributed by atoms with Gasteiger partial charge in [-0.15, -0.1) is 0 Å². The fourth-order valence-electron chi connectivity index (χ4n) is 2.57. The van der Waals surface area contributed by atoms with Gasteiger partial charge >= 0.3 is 6.01 Å². The molecule has 0 N–H and O–H groups in total. The van der Waals surface area contributed by atoms with Crippen LogP contribution in [-0.2, 0) is 21.8 Å². The molecule has 136 valence electrons. The number of morpholine rings is 1. The molecule has 0 saturated carbocycles. The fourth-order valence-corrected chi connectivity index (χ4v) is 4.73. The Labute approximate surface area is 150 Å². The summed E-state index contributed by atoms with van der Waals surface area (Å²) in [5.41, 5.74) is 0.365. The van der Waals surface area contributed by atoms with E-state index in [0.717, 1.165) is 0 Å². The highest BCUT2D eigenvalue weighted by atomic mass is 35.5. The lowest BCUT2D eigenvalue weighted by atomic mass is 10.3. The van der Waals surface area contributed by atoms with E-state index in [1.54, 1.807) is 32.4 Å². The second-order valence-corrected chi connectivity index (χ2v) is 7.76. The van der Waals surface area contributed by atoms with E-state index < -0.39 is 16.1 Å². The van der Waals surface area contributed by atoms with Gasteiger partial charge in [-0.1, -0.05) is 11.6 Å². The summed E-state index contributed by atoms with van der Waals surface area (Å²) in [6, 6.07) is 1.90. The summed E-state index contributed by atoms with van der Waals surface area (Å²) < 4.78 is 39.6. The van der Waals surface area contributed by atoms with E-state index in [0.29, 0.717) is 5.69 Å². The molecule has 0 radical (unpaired) electrons. The number of aromatic nitrogens is 4. The van der Waals surface area contributed by atoms with Crippen molar-refractivity contribution >= 4 is 21.6 Å². The first-order valence-electron chi connectivity index (χ1n) is 7.60. The van der Waals surface area contributed by atoms with Crippen LogP contribution in [0.4, 0.5) is 0 Å². The lowest BCUT2D eigenvalue weighted by Crippen LogP contribution is -2.47. The van der Waals surface area contributed by atoms with Crippen LogP contribution in [0.2, 0.25) is 5.15 Å². The molecular weight excluding hydrogens is 370 g/mol. The van der Waals surface area contributed by atoms with Gasteiger partial charge in [-0.3, -0.25) is 4.68 Å². The molecule has 0 bridgehead atoms. The molecule has 9 nitrogen and oxygen atoms in total. The number of halogens is 1. The van der Waals surface area contributed by atoms with Crippen molar-refractivity contribution in [2.24, 2.45) is 7.05 Å². The van der Waals surface area contributed by atoms with Crippen LogP contribution in [0, 0.1) is 6.92 Å². The van der Waals surface area contributed by atoms with Gasteiger partial charge in [0, 0.05) is 32.5 Å².